The maximum Gasteiger partial charge on any atom is 0.296 e. The van der Waals surface area contributed by atoms with Gasteiger partial charge < -0.3 is 24.3 Å². The summed E-state index contributed by atoms with van der Waals surface area (Å²) in [6.45, 7) is 4.50. The highest BCUT2D eigenvalue weighted by atomic mass is 32.1. The van der Waals surface area contributed by atoms with Gasteiger partial charge >= 0.3 is 0 Å². The molecule has 0 radical (unpaired) electrons. The van der Waals surface area contributed by atoms with Gasteiger partial charge in [0.25, 0.3) is 5.69 Å². The summed E-state index contributed by atoms with van der Waals surface area (Å²) in [5.74, 6) is 1.22. The zero-order valence-corrected chi connectivity index (χ0v) is 22.9. The largest absolute Gasteiger partial charge is 0.497 e. The molecular formula is C29H29N5O4S. The number of thiocarbonyl (C=S) groups is 1. The summed E-state index contributed by atoms with van der Waals surface area (Å²) in [6, 6.07) is 20.3. The van der Waals surface area contributed by atoms with Crippen molar-refractivity contribution in [3.05, 3.63) is 111 Å². The Bertz CT molecular complexity index is 1520. The van der Waals surface area contributed by atoms with Crippen LogP contribution in [0.2, 0.25) is 0 Å². The van der Waals surface area contributed by atoms with Crippen LogP contribution < -0.4 is 14.8 Å². The molecule has 0 unspecified atom stereocenters. The van der Waals surface area contributed by atoms with Crippen LogP contribution in [0, 0.1) is 24.0 Å². The fourth-order valence-electron chi connectivity index (χ4n) is 5.27. The molecular weight excluding hydrogens is 514 g/mol. The van der Waals surface area contributed by atoms with Gasteiger partial charge in [-0.1, -0.05) is 18.2 Å². The number of nitro benzene ring substituents is 1. The molecule has 3 heterocycles. The highest BCUT2D eigenvalue weighted by Crippen LogP contribution is 2.43. The summed E-state index contributed by atoms with van der Waals surface area (Å²) in [5, 5.41) is 16.1. The fourth-order valence-corrected chi connectivity index (χ4v) is 5.57. The summed E-state index contributed by atoms with van der Waals surface area (Å²) in [4.78, 5) is 18.4. The van der Waals surface area contributed by atoms with E-state index in [1.54, 1.807) is 25.4 Å². The molecule has 0 spiro atoms. The van der Waals surface area contributed by atoms with Crippen molar-refractivity contribution in [1.82, 2.24) is 19.8 Å². The first kappa shape index (κ1) is 26.2. The minimum absolute atomic E-state index is 0.0286. The van der Waals surface area contributed by atoms with Crippen molar-refractivity contribution in [3.63, 3.8) is 0 Å². The summed E-state index contributed by atoms with van der Waals surface area (Å²) < 4.78 is 12.5. The molecule has 1 aliphatic rings. The lowest BCUT2D eigenvalue weighted by Gasteiger charge is -2.28. The number of aromatic nitrogens is 2. The maximum absolute atomic E-state index is 12.0. The van der Waals surface area contributed by atoms with Crippen LogP contribution in [0.5, 0.6) is 11.5 Å². The van der Waals surface area contributed by atoms with E-state index in [1.807, 2.05) is 60.9 Å². The van der Waals surface area contributed by atoms with E-state index in [0.717, 1.165) is 34.0 Å². The Labute approximate surface area is 232 Å². The average Bonchev–Trinajstić information content (AvgIpc) is 3.43. The lowest BCUT2D eigenvalue weighted by molar-refractivity contribution is -0.384. The van der Waals surface area contributed by atoms with Crippen LogP contribution in [0.4, 0.5) is 5.69 Å². The van der Waals surface area contributed by atoms with Crippen LogP contribution >= 0.6 is 12.2 Å². The Kier molecular flexibility index (Phi) is 7.21. The molecule has 1 aliphatic heterocycles. The predicted molar refractivity (Wildman–Crippen MR) is 152 cm³/mol. The van der Waals surface area contributed by atoms with E-state index in [1.165, 1.54) is 13.2 Å². The van der Waals surface area contributed by atoms with Gasteiger partial charge in [0.15, 0.2) is 5.11 Å². The van der Waals surface area contributed by atoms with Gasteiger partial charge in [-0.15, -0.1) is 0 Å². The van der Waals surface area contributed by atoms with Crippen LogP contribution in [0.3, 0.4) is 0 Å². The normalized spacial score (nSPS) is 16.7. The van der Waals surface area contributed by atoms with Crippen LogP contribution in [-0.4, -0.2) is 38.7 Å². The molecule has 10 heteroatoms. The molecule has 0 bridgehead atoms. The van der Waals surface area contributed by atoms with E-state index >= 15 is 0 Å². The molecule has 0 saturated carbocycles. The van der Waals surface area contributed by atoms with Crippen LogP contribution in [-0.2, 0) is 6.54 Å². The van der Waals surface area contributed by atoms with Gasteiger partial charge in [-0.05, 0) is 79.7 Å². The summed E-state index contributed by atoms with van der Waals surface area (Å²) in [5.41, 5.74) is 5.16. The fraction of sp³-hybridized carbons (Fsp3) is 0.241. The number of rotatable bonds is 8. The van der Waals surface area contributed by atoms with E-state index in [9.17, 15) is 10.1 Å². The van der Waals surface area contributed by atoms with E-state index in [2.05, 4.69) is 21.3 Å². The third-order valence-electron chi connectivity index (χ3n) is 7.12. The quantitative estimate of drug-likeness (QED) is 0.175. The molecule has 0 aliphatic carbocycles. The Morgan fingerprint density at radius 2 is 1.74 bits per heavy atom. The van der Waals surface area contributed by atoms with Gasteiger partial charge in [0, 0.05) is 24.1 Å². The van der Waals surface area contributed by atoms with Crippen molar-refractivity contribution in [2.45, 2.75) is 32.5 Å². The topological polar surface area (TPSA) is 94.7 Å². The lowest BCUT2D eigenvalue weighted by atomic mass is 9.96. The van der Waals surface area contributed by atoms with Gasteiger partial charge in [-0.25, -0.2) is 0 Å². The summed E-state index contributed by atoms with van der Waals surface area (Å²) >= 11 is 5.85. The number of nitro groups is 1. The molecule has 1 fully saturated rings. The lowest BCUT2D eigenvalue weighted by Crippen LogP contribution is -2.29. The maximum atomic E-state index is 12.0. The first-order valence-corrected chi connectivity index (χ1v) is 12.9. The molecule has 1 N–H and O–H groups in total. The highest BCUT2D eigenvalue weighted by molar-refractivity contribution is 7.80. The van der Waals surface area contributed by atoms with Crippen LogP contribution in [0.15, 0.2) is 72.9 Å². The number of methoxy groups -OCH3 is 2. The first-order chi connectivity index (χ1) is 18.8. The van der Waals surface area contributed by atoms with E-state index in [4.69, 9.17) is 21.7 Å². The Hall–Kier alpha value is -4.44. The summed E-state index contributed by atoms with van der Waals surface area (Å²) in [7, 11) is 3.14. The zero-order valence-electron chi connectivity index (χ0n) is 22.1. The number of nitrogens with zero attached hydrogens (tertiary/aromatic N) is 4. The van der Waals surface area contributed by atoms with Gasteiger partial charge in [0.1, 0.15) is 17.2 Å². The number of nitrogens with one attached hydrogen (secondary N) is 1. The van der Waals surface area contributed by atoms with Crippen molar-refractivity contribution in [3.8, 4) is 17.2 Å². The van der Waals surface area contributed by atoms with Crippen molar-refractivity contribution in [2.24, 2.45) is 0 Å². The number of benzene rings is 2. The number of pyridine rings is 1. The van der Waals surface area contributed by atoms with E-state index in [0.29, 0.717) is 23.1 Å². The molecule has 2 aromatic carbocycles. The second kappa shape index (κ2) is 10.7. The molecule has 0 amide bonds. The molecule has 39 heavy (non-hydrogen) atoms. The smallest absolute Gasteiger partial charge is 0.296 e. The zero-order chi connectivity index (χ0) is 27.7. The molecule has 1 saturated heterocycles. The highest BCUT2D eigenvalue weighted by Gasteiger charge is 2.41. The standard InChI is InChI=1S/C29H29N5O4S/c1-18-15-23(19(2)33(18)25-13-12-22(38-4)16-26(25)34(35)36)28-27(24-7-5-6-14-30-24)31-29(39)32(28)17-20-8-10-21(37-3)11-9-20/h5-16,27-28H,17H2,1-4H3,(H,31,39)/t27-,28-/m0/s1. The van der Waals surface area contributed by atoms with Crippen molar-refractivity contribution >= 4 is 23.0 Å². The number of hydrogen-bond acceptors (Lipinski definition) is 6. The van der Waals surface area contributed by atoms with Crippen LogP contribution in [0.25, 0.3) is 5.69 Å². The molecule has 2 aromatic heterocycles. The summed E-state index contributed by atoms with van der Waals surface area (Å²) in [6.07, 6.45) is 1.77. The Balaban J connectivity index is 1.63. The predicted octanol–water partition coefficient (Wildman–Crippen LogP) is 5.59. The van der Waals surface area contributed by atoms with Crippen LogP contribution in [0.1, 0.15) is 40.3 Å². The number of hydrogen-bond donors (Lipinski definition) is 1. The minimum atomic E-state index is -0.380. The molecule has 2 atom stereocenters. The number of aryl methyl sites for hydroxylation is 1. The SMILES string of the molecule is COc1ccc(CN2C(=S)N[C@@H](c3ccccn3)[C@@H]2c2cc(C)n(-c3ccc(OC)cc3[N+](=O)[O-])c2C)cc1. The molecule has 4 aromatic rings. The number of ether oxygens (including phenoxy) is 2. The molecule has 9 nitrogen and oxygen atoms in total. The molecule has 200 valence electrons. The molecule has 5 rings (SSSR count). The van der Waals surface area contributed by atoms with Gasteiger partial charge in [0.2, 0.25) is 0 Å². The van der Waals surface area contributed by atoms with E-state index < -0.39 is 0 Å². The van der Waals surface area contributed by atoms with Gasteiger partial charge in [0.05, 0.1) is 43.0 Å². The van der Waals surface area contributed by atoms with Gasteiger partial charge in [-0.3, -0.25) is 15.1 Å². The Morgan fingerprint density at radius 3 is 2.38 bits per heavy atom. The monoisotopic (exact) mass is 543 g/mol. The second-order valence-electron chi connectivity index (χ2n) is 9.38. The van der Waals surface area contributed by atoms with Crippen molar-refractivity contribution < 1.29 is 14.4 Å². The van der Waals surface area contributed by atoms with E-state index in [-0.39, 0.29) is 22.7 Å². The van der Waals surface area contributed by atoms with Crippen molar-refractivity contribution in [2.75, 3.05) is 14.2 Å². The minimum Gasteiger partial charge on any atom is -0.497 e. The average molecular weight is 544 g/mol. The first-order valence-electron chi connectivity index (χ1n) is 12.4. The van der Waals surface area contributed by atoms with Gasteiger partial charge in [-0.2, -0.15) is 0 Å². The third kappa shape index (κ3) is 4.90. The third-order valence-corrected chi connectivity index (χ3v) is 7.47. The second-order valence-corrected chi connectivity index (χ2v) is 9.76. The van der Waals surface area contributed by atoms with Crippen molar-refractivity contribution in [1.29, 1.82) is 0 Å². The Morgan fingerprint density at radius 1 is 1.03 bits per heavy atom.